The molecule has 1 aliphatic heterocycles. The van der Waals surface area contributed by atoms with E-state index in [1.165, 1.54) is 24.3 Å². The molecule has 2 amide bonds. The lowest BCUT2D eigenvalue weighted by atomic mass is 10.0. The Morgan fingerprint density at radius 3 is 2.14 bits per heavy atom. The first-order valence-electron chi connectivity index (χ1n) is 11.7. The van der Waals surface area contributed by atoms with Crippen LogP contribution in [0.1, 0.15) is 50.3 Å². The number of halogens is 4. The van der Waals surface area contributed by atoms with Gasteiger partial charge in [0.05, 0.1) is 5.56 Å². The number of benzene rings is 2. The van der Waals surface area contributed by atoms with Crippen LogP contribution in [-0.4, -0.2) is 46.5 Å². The fraction of sp³-hybridized carbons (Fsp3) is 0.407. The standard InChI is InChI=1S/C27H30BrF3N2O3/c1-26(2,3)36-25(35)32-16-14-23(15-17-32)33(18-20-6-11-22(28)12-7-20)24(34)13-8-19-4-9-21(10-5-19)27(29,30)31/h4-13,23H,14-18H2,1-3H3/b13-8+. The van der Waals surface area contributed by atoms with Gasteiger partial charge in [0.1, 0.15) is 5.60 Å². The van der Waals surface area contributed by atoms with E-state index in [2.05, 4.69) is 15.9 Å². The largest absolute Gasteiger partial charge is 0.444 e. The molecule has 2 aromatic carbocycles. The van der Waals surface area contributed by atoms with E-state index < -0.39 is 17.3 Å². The van der Waals surface area contributed by atoms with Gasteiger partial charge in [0.2, 0.25) is 5.91 Å². The number of ether oxygens (including phenoxy) is 1. The molecule has 9 heteroatoms. The van der Waals surface area contributed by atoms with E-state index in [0.29, 0.717) is 38.0 Å². The summed E-state index contributed by atoms with van der Waals surface area (Å²) in [6, 6.07) is 12.2. The van der Waals surface area contributed by atoms with E-state index in [1.807, 2.05) is 45.0 Å². The van der Waals surface area contributed by atoms with E-state index in [0.717, 1.165) is 22.2 Å². The van der Waals surface area contributed by atoms with E-state index in [-0.39, 0.29) is 18.0 Å². The molecule has 3 rings (SSSR count). The molecule has 1 aliphatic rings. The van der Waals surface area contributed by atoms with Crippen molar-refractivity contribution in [3.05, 3.63) is 75.8 Å². The predicted octanol–water partition coefficient (Wildman–Crippen LogP) is 6.91. The van der Waals surface area contributed by atoms with Gasteiger partial charge in [0, 0.05) is 36.2 Å². The van der Waals surface area contributed by atoms with Crippen molar-refractivity contribution in [2.45, 2.75) is 58.0 Å². The fourth-order valence-electron chi connectivity index (χ4n) is 3.91. The topological polar surface area (TPSA) is 49.9 Å². The van der Waals surface area contributed by atoms with Crippen LogP contribution < -0.4 is 0 Å². The summed E-state index contributed by atoms with van der Waals surface area (Å²) < 4.78 is 44.9. The smallest absolute Gasteiger partial charge is 0.416 e. The Morgan fingerprint density at radius 1 is 1.03 bits per heavy atom. The molecule has 5 nitrogen and oxygen atoms in total. The van der Waals surface area contributed by atoms with Gasteiger partial charge < -0.3 is 14.5 Å². The normalized spacial score (nSPS) is 15.2. The first kappa shape index (κ1) is 27.8. The molecule has 0 bridgehead atoms. The highest BCUT2D eigenvalue weighted by molar-refractivity contribution is 9.10. The zero-order valence-electron chi connectivity index (χ0n) is 20.5. The monoisotopic (exact) mass is 566 g/mol. The minimum Gasteiger partial charge on any atom is -0.444 e. The Kier molecular flexibility index (Phi) is 8.87. The average molecular weight is 567 g/mol. The van der Waals surface area contributed by atoms with Gasteiger partial charge in [-0.15, -0.1) is 0 Å². The number of piperidine rings is 1. The number of likely N-dealkylation sites (tertiary alicyclic amines) is 1. The van der Waals surface area contributed by atoms with Crippen LogP contribution in [-0.2, 0) is 22.3 Å². The lowest BCUT2D eigenvalue weighted by Gasteiger charge is -2.38. The molecular formula is C27H30BrF3N2O3. The molecule has 1 fully saturated rings. The SMILES string of the molecule is CC(C)(C)OC(=O)N1CCC(N(Cc2ccc(Br)cc2)C(=O)/C=C/c2ccc(C(F)(F)F)cc2)CC1. The summed E-state index contributed by atoms with van der Waals surface area (Å²) in [5.74, 6) is -0.242. The highest BCUT2D eigenvalue weighted by Gasteiger charge is 2.31. The van der Waals surface area contributed by atoms with Crippen LogP contribution >= 0.6 is 15.9 Å². The molecule has 0 aliphatic carbocycles. The van der Waals surface area contributed by atoms with Crippen molar-refractivity contribution in [3.63, 3.8) is 0 Å². The van der Waals surface area contributed by atoms with E-state index >= 15 is 0 Å². The highest BCUT2D eigenvalue weighted by Crippen LogP contribution is 2.29. The number of hydrogen-bond donors (Lipinski definition) is 0. The fourth-order valence-corrected chi connectivity index (χ4v) is 4.17. The van der Waals surface area contributed by atoms with Crippen LogP contribution in [0.2, 0.25) is 0 Å². The van der Waals surface area contributed by atoms with Crippen LogP contribution in [0.15, 0.2) is 59.1 Å². The number of carbonyl (C=O) groups is 2. The summed E-state index contributed by atoms with van der Waals surface area (Å²) in [6.07, 6.45) is -0.679. The second kappa shape index (κ2) is 11.5. The Labute approximate surface area is 218 Å². The van der Waals surface area contributed by atoms with E-state index in [9.17, 15) is 22.8 Å². The molecule has 0 spiro atoms. The van der Waals surface area contributed by atoms with Crippen molar-refractivity contribution in [1.29, 1.82) is 0 Å². The first-order valence-corrected chi connectivity index (χ1v) is 12.5. The summed E-state index contributed by atoms with van der Waals surface area (Å²) in [7, 11) is 0. The molecule has 0 radical (unpaired) electrons. The van der Waals surface area contributed by atoms with Crippen molar-refractivity contribution in [1.82, 2.24) is 9.80 Å². The molecule has 0 unspecified atom stereocenters. The summed E-state index contributed by atoms with van der Waals surface area (Å²) in [6.45, 7) is 6.76. The van der Waals surface area contributed by atoms with Gasteiger partial charge in [-0.1, -0.05) is 40.2 Å². The number of amides is 2. The summed E-state index contributed by atoms with van der Waals surface area (Å²) in [4.78, 5) is 29.1. The lowest BCUT2D eigenvalue weighted by molar-refractivity contribution is -0.137. The minimum atomic E-state index is -4.41. The number of carbonyl (C=O) groups excluding carboxylic acids is 2. The van der Waals surface area contributed by atoms with Crippen molar-refractivity contribution in [3.8, 4) is 0 Å². The summed E-state index contributed by atoms with van der Waals surface area (Å²) in [5, 5.41) is 0. The first-order chi connectivity index (χ1) is 16.8. The third-order valence-electron chi connectivity index (χ3n) is 5.76. The quantitative estimate of drug-likeness (QED) is 0.369. The molecule has 0 atom stereocenters. The van der Waals surface area contributed by atoms with Gasteiger partial charge in [0.25, 0.3) is 0 Å². The third kappa shape index (κ3) is 8.11. The highest BCUT2D eigenvalue weighted by atomic mass is 79.9. The molecular weight excluding hydrogens is 537 g/mol. The molecule has 0 N–H and O–H groups in total. The van der Waals surface area contributed by atoms with Crippen molar-refractivity contribution in [2.75, 3.05) is 13.1 Å². The van der Waals surface area contributed by atoms with Gasteiger partial charge >= 0.3 is 12.3 Å². The van der Waals surface area contributed by atoms with Gasteiger partial charge in [-0.25, -0.2) is 4.79 Å². The van der Waals surface area contributed by atoms with Crippen LogP contribution in [0.5, 0.6) is 0 Å². The molecule has 194 valence electrons. The number of rotatable bonds is 5. The van der Waals surface area contributed by atoms with Crippen molar-refractivity contribution >= 4 is 34.0 Å². The number of nitrogens with zero attached hydrogens (tertiary/aromatic N) is 2. The molecule has 0 aromatic heterocycles. The van der Waals surface area contributed by atoms with Gasteiger partial charge in [-0.05, 0) is 75.1 Å². The van der Waals surface area contributed by atoms with E-state index in [4.69, 9.17) is 4.74 Å². The van der Waals surface area contributed by atoms with Crippen molar-refractivity contribution in [2.24, 2.45) is 0 Å². The van der Waals surface area contributed by atoms with Crippen molar-refractivity contribution < 1.29 is 27.5 Å². The molecule has 2 aromatic rings. The third-order valence-corrected chi connectivity index (χ3v) is 6.29. The van der Waals surface area contributed by atoms with Gasteiger partial charge in [-0.2, -0.15) is 13.2 Å². The second-order valence-electron chi connectivity index (χ2n) is 9.74. The zero-order valence-corrected chi connectivity index (χ0v) is 22.1. The molecule has 36 heavy (non-hydrogen) atoms. The van der Waals surface area contributed by atoms with Crippen LogP contribution in [0.4, 0.5) is 18.0 Å². The zero-order chi connectivity index (χ0) is 26.5. The maximum atomic E-state index is 13.3. The summed E-state index contributed by atoms with van der Waals surface area (Å²) >= 11 is 3.41. The van der Waals surface area contributed by atoms with Crippen LogP contribution in [0.3, 0.4) is 0 Å². The Bertz CT molecular complexity index is 1070. The van der Waals surface area contributed by atoms with Crippen LogP contribution in [0, 0.1) is 0 Å². The summed E-state index contributed by atoms with van der Waals surface area (Å²) in [5.41, 5.74) is 0.129. The Hall–Kier alpha value is -2.81. The maximum absolute atomic E-state index is 13.3. The number of alkyl halides is 3. The number of hydrogen-bond acceptors (Lipinski definition) is 3. The molecule has 0 saturated carbocycles. The maximum Gasteiger partial charge on any atom is 0.416 e. The van der Waals surface area contributed by atoms with Gasteiger partial charge in [0.15, 0.2) is 0 Å². The Balaban J connectivity index is 1.73. The van der Waals surface area contributed by atoms with Gasteiger partial charge in [-0.3, -0.25) is 4.79 Å². The molecule has 1 saturated heterocycles. The van der Waals surface area contributed by atoms with Crippen LogP contribution in [0.25, 0.3) is 6.08 Å². The lowest BCUT2D eigenvalue weighted by Crippen LogP contribution is -2.49. The minimum absolute atomic E-state index is 0.0999. The average Bonchev–Trinajstić information content (AvgIpc) is 2.81. The Morgan fingerprint density at radius 2 is 1.61 bits per heavy atom. The second-order valence-corrected chi connectivity index (χ2v) is 10.7. The molecule has 1 heterocycles. The predicted molar refractivity (Wildman–Crippen MR) is 136 cm³/mol. The van der Waals surface area contributed by atoms with E-state index in [1.54, 1.807) is 9.80 Å².